The third-order valence-electron chi connectivity index (χ3n) is 3.77. The van der Waals surface area contributed by atoms with Gasteiger partial charge in [-0.2, -0.15) is 0 Å². The number of rotatable bonds is 1. The number of aromatic nitrogens is 2. The Morgan fingerprint density at radius 1 is 0.905 bits per heavy atom. The molecule has 0 fully saturated rings. The van der Waals surface area contributed by atoms with E-state index in [4.69, 9.17) is 0 Å². The van der Waals surface area contributed by atoms with Gasteiger partial charge < -0.3 is 0 Å². The van der Waals surface area contributed by atoms with Crippen LogP contribution in [0.3, 0.4) is 0 Å². The predicted molar refractivity (Wildman–Crippen MR) is 91.0 cm³/mol. The van der Waals surface area contributed by atoms with Crippen molar-refractivity contribution in [2.24, 2.45) is 0 Å². The number of nitrogens with zero attached hydrogens (tertiary/aromatic N) is 2. The molecule has 2 aromatic heterocycles. The van der Waals surface area contributed by atoms with Gasteiger partial charge in [0, 0.05) is 21.4 Å². The first-order valence-electron chi connectivity index (χ1n) is 6.86. The van der Waals surface area contributed by atoms with Gasteiger partial charge in [0.05, 0.1) is 11.0 Å². The molecule has 0 aliphatic heterocycles. The molecule has 0 bridgehead atoms. The summed E-state index contributed by atoms with van der Waals surface area (Å²) in [7, 11) is 0. The van der Waals surface area contributed by atoms with E-state index in [0.29, 0.717) is 0 Å². The van der Waals surface area contributed by atoms with Crippen LogP contribution >= 0.6 is 15.9 Å². The molecule has 3 heteroatoms. The van der Waals surface area contributed by atoms with E-state index in [1.165, 1.54) is 27.4 Å². The first-order valence-corrected chi connectivity index (χ1v) is 7.65. The number of aryl methyl sites for hydroxylation is 1. The van der Waals surface area contributed by atoms with Crippen molar-refractivity contribution < 1.29 is 0 Å². The van der Waals surface area contributed by atoms with Crippen molar-refractivity contribution in [3.8, 4) is 5.82 Å². The highest BCUT2D eigenvalue weighted by atomic mass is 79.9. The van der Waals surface area contributed by atoms with Gasteiger partial charge >= 0.3 is 0 Å². The van der Waals surface area contributed by atoms with Crippen molar-refractivity contribution >= 4 is 37.7 Å². The molecule has 2 heterocycles. The molecule has 102 valence electrons. The number of benzene rings is 2. The van der Waals surface area contributed by atoms with Gasteiger partial charge in [0.2, 0.25) is 0 Å². The Balaban J connectivity index is 2.21. The largest absolute Gasteiger partial charge is 0.294 e. The van der Waals surface area contributed by atoms with Crippen LogP contribution in [0.1, 0.15) is 5.56 Å². The van der Waals surface area contributed by atoms with Crippen LogP contribution in [0.25, 0.3) is 27.6 Å². The Hall–Kier alpha value is -2.13. The molecular formula is C18H13BrN2. The second-order valence-corrected chi connectivity index (χ2v) is 6.12. The maximum atomic E-state index is 4.54. The minimum absolute atomic E-state index is 0.932. The Morgan fingerprint density at radius 2 is 1.71 bits per heavy atom. The third kappa shape index (κ3) is 1.96. The molecule has 2 aromatic carbocycles. The lowest BCUT2D eigenvalue weighted by Gasteiger charge is -2.07. The third-order valence-corrected chi connectivity index (χ3v) is 4.26. The monoisotopic (exact) mass is 336 g/mol. The fourth-order valence-corrected chi connectivity index (χ4v) is 3.17. The van der Waals surface area contributed by atoms with Crippen LogP contribution in [-0.4, -0.2) is 9.55 Å². The molecule has 0 spiro atoms. The highest BCUT2D eigenvalue weighted by Crippen LogP contribution is 2.32. The maximum absolute atomic E-state index is 4.54. The molecule has 2 nitrogen and oxygen atoms in total. The molecule has 0 saturated heterocycles. The lowest BCUT2D eigenvalue weighted by molar-refractivity contribution is 1.07. The molecule has 0 saturated carbocycles. The van der Waals surface area contributed by atoms with E-state index in [2.05, 4.69) is 74.9 Å². The standard InChI is InChI=1S/C18H13BrN2/c1-12-6-7-15-14-4-2-3-5-16(14)21(17(15)10-12)18-11-13(19)8-9-20-18/h2-11H,1H3. The van der Waals surface area contributed by atoms with E-state index in [9.17, 15) is 0 Å². The predicted octanol–water partition coefficient (Wildman–Crippen LogP) is 5.25. The summed E-state index contributed by atoms with van der Waals surface area (Å²) < 4.78 is 3.26. The summed E-state index contributed by atoms with van der Waals surface area (Å²) in [4.78, 5) is 4.54. The Labute approximate surface area is 131 Å². The lowest BCUT2D eigenvalue weighted by atomic mass is 10.1. The van der Waals surface area contributed by atoms with Crippen LogP contribution in [0, 0.1) is 6.92 Å². The Kier molecular flexibility index (Phi) is 2.82. The van der Waals surface area contributed by atoms with Crippen molar-refractivity contribution in [1.82, 2.24) is 9.55 Å². The van der Waals surface area contributed by atoms with Gasteiger partial charge in [-0.15, -0.1) is 0 Å². The van der Waals surface area contributed by atoms with E-state index in [1.54, 1.807) is 0 Å². The summed E-state index contributed by atoms with van der Waals surface area (Å²) in [6.07, 6.45) is 1.83. The van der Waals surface area contributed by atoms with Crippen molar-refractivity contribution in [2.45, 2.75) is 6.92 Å². The number of hydrogen-bond donors (Lipinski definition) is 0. The van der Waals surface area contributed by atoms with E-state index < -0.39 is 0 Å². The molecule has 0 N–H and O–H groups in total. The molecule has 4 aromatic rings. The number of halogens is 1. The van der Waals surface area contributed by atoms with E-state index in [0.717, 1.165) is 10.3 Å². The first-order chi connectivity index (χ1) is 10.2. The fourth-order valence-electron chi connectivity index (χ4n) is 2.84. The molecule has 0 unspecified atom stereocenters. The zero-order valence-electron chi connectivity index (χ0n) is 11.5. The van der Waals surface area contributed by atoms with Gasteiger partial charge in [0.25, 0.3) is 0 Å². The molecule has 0 radical (unpaired) electrons. The molecular weight excluding hydrogens is 324 g/mol. The summed E-state index contributed by atoms with van der Waals surface area (Å²) in [5.41, 5.74) is 3.63. The zero-order valence-corrected chi connectivity index (χ0v) is 13.1. The van der Waals surface area contributed by atoms with Gasteiger partial charge in [0.15, 0.2) is 0 Å². The second kappa shape index (κ2) is 4.71. The van der Waals surface area contributed by atoms with Crippen molar-refractivity contribution in [1.29, 1.82) is 0 Å². The van der Waals surface area contributed by atoms with Crippen LogP contribution in [-0.2, 0) is 0 Å². The maximum Gasteiger partial charge on any atom is 0.138 e. The van der Waals surface area contributed by atoms with Crippen LogP contribution in [0.15, 0.2) is 65.3 Å². The van der Waals surface area contributed by atoms with Gasteiger partial charge in [-0.3, -0.25) is 4.57 Å². The molecule has 0 atom stereocenters. The minimum atomic E-state index is 0.932. The number of pyridine rings is 1. The number of hydrogen-bond acceptors (Lipinski definition) is 1. The fraction of sp³-hybridized carbons (Fsp3) is 0.0556. The van der Waals surface area contributed by atoms with Gasteiger partial charge in [-0.05, 0) is 36.8 Å². The van der Waals surface area contributed by atoms with E-state index >= 15 is 0 Å². The topological polar surface area (TPSA) is 17.8 Å². The summed E-state index contributed by atoms with van der Waals surface area (Å²) in [6, 6.07) is 19.0. The van der Waals surface area contributed by atoms with Crippen LogP contribution in [0.5, 0.6) is 0 Å². The summed E-state index contributed by atoms with van der Waals surface area (Å²) in [5, 5.41) is 2.52. The zero-order chi connectivity index (χ0) is 14.4. The molecule has 0 aliphatic carbocycles. The normalized spacial score (nSPS) is 11.3. The molecule has 0 aliphatic rings. The number of fused-ring (bicyclic) bond motifs is 3. The van der Waals surface area contributed by atoms with Crippen molar-refractivity contribution in [2.75, 3.05) is 0 Å². The molecule has 21 heavy (non-hydrogen) atoms. The van der Waals surface area contributed by atoms with Crippen LogP contribution in [0.2, 0.25) is 0 Å². The Bertz CT molecular complexity index is 969. The molecule has 0 amide bonds. The smallest absolute Gasteiger partial charge is 0.138 e. The quantitative estimate of drug-likeness (QED) is 0.464. The summed E-state index contributed by atoms with van der Waals surface area (Å²) >= 11 is 3.54. The minimum Gasteiger partial charge on any atom is -0.294 e. The van der Waals surface area contributed by atoms with E-state index in [1.807, 2.05) is 18.3 Å². The highest BCUT2D eigenvalue weighted by molar-refractivity contribution is 9.10. The van der Waals surface area contributed by atoms with Crippen molar-refractivity contribution in [3.63, 3.8) is 0 Å². The second-order valence-electron chi connectivity index (χ2n) is 5.21. The van der Waals surface area contributed by atoms with Crippen LogP contribution in [0.4, 0.5) is 0 Å². The SMILES string of the molecule is Cc1ccc2c3ccccc3n(-c3cc(Br)ccn3)c2c1. The molecule has 4 rings (SSSR count). The number of para-hydroxylation sites is 1. The lowest BCUT2D eigenvalue weighted by Crippen LogP contribution is -1.96. The van der Waals surface area contributed by atoms with Gasteiger partial charge in [0.1, 0.15) is 5.82 Å². The van der Waals surface area contributed by atoms with Crippen molar-refractivity contribution in [3.05, 3.63) is 70.8 Å². The average Bonchev–Trinajstić information content (AvgIpc) is 2.80. The highest BCUT2D eigenvalue weighted by Gasteiger charge is 2.12. The first kappa shape index (κ1) is 12.6. The Morgan fingerprint density at radius 3 is 2.57 bits per heavy atom. The van der Waals surface area contributed by atoms with Gasteiger partial charge in [-0.25, -0.2) is 4.98 Å². The summed E-state index contributed by atoms with van der Waals surface area (Å²) in [6.45, 7) is 2.12. The van der Waals surface area contributed by atoms with E-state index in [-0.39, 0.29) is 0 Å². The summed E-state index contributed by atoms with van der Waals surface area (Å²) in [5.74, 6) is 0.932. The average molecular weight is 337 g/mol. The van der Waals surface area contributed by atoms with Gasteiger partial charge in [-0.1, -0.05) is 46.3 Å². The van der Waals surface area contributed by atoms with Crippen LogP contribution < -0.4 is 0 Å².